The van der Waals surface area contributed by atoms with Crippen molar-refractivity contribution < 1.29 is 38.1 Å². The van der Waals surface area contributed by atoms with Gasteiger partial charge in [0, 0.05) is 18.3 Å². The zero-order chi connectivity index (χ0) is 33.9. The van der Waals surface area contributed by atoms with Crippen LogP contribution in [0, 0.1) is 11.8 Å². The minimum atomic E-state index is -0.527. The molecule has 0 bridgehead atoms. The molecule has 0 aromatic heterocycles. The third kappa shape index (κ3) is 10.2. The number of carbonyl (C=O) groups excluding carboxylic acids is 3. The molecule has 0 heterocycles. The van der Waals surface area contributed by atoms with E-state index >= 15 is 0 Å². The van der Waals surface area contributed by atoms with Crippen LogP contribution in [0.1, 0.15) is 76.7 Å². The van der Waals surface area contributed by atoms with Crippen molar-refractivity contribution in [3.8, 4) is 22.6 Å². The number of carbonyl (C=O) groups is 3. The van der Waals surface area contributed by atoms with Gasteiger partial charge in [0.15, 0.2) is 0 Å². The summed E-state index contributed by atoms with van der Waals surface area (Å²) in [4.78, 5) is 36.3. The van der Waals surface area contributed by atoms with Gasteiger partial charge in [-0.25, -0.2) is 14.4 Å². The minimum Gasteiger partial charge on any atom is -0.460 e. The summed E-state index contributed by atoms with van der Waals surface area (Å²) >= 11 is 0. The summed E-state index contributed by atoms with van der Waals surface area (Å²) in [6.07, 6.45) is 8.88. The monoisotopic (exact) mass is 644 g/mol. The van der Waals surface area contributed by atoms with Crippen molar-refractivity contribution in [1.29, 1.82) is 0 Å². The van der Waals surface area contributed by atoms with Crippen molar-refractivity contribution in [3.63, 3.8) is 0 Å². The van der Waals surface area contributed by atoms with E-state index in [4.69, 9.17) is 23.7 Å². The van der Waals surface area contributed by atoms with Crippen molar-refractivity contribution in [2.24, 2.45) is 11.8 Å². The van der Waals surface area contributed by atoms with E-state index in [0.717, 1.165) is 68.1 Å². The molecule has 2 aromatic carbocycles. The average Bonchev–Trinajstić information content (AvgIpc) is 3.07. The molecule has 0 saturated heterocycles. The van der Waals surface area contributed by atoms with Crippen LogP contribution in [-0.4, -0.2) is 50.9 Å². The van der Waals surface area contributed by atoms with E-state index in [1.54, 1.807) is 26.0 Å². The molecule has 2 aliphatic carbocycles. The molecule has 2 aliphatic rings. The van der Waals surface area contributed by atoms with Gasteiger partial charge >= 0.3 is 17.9 Å². The van der Waals surface area contributed by atoms with Crippen LogP contribution in [0.25, 0.3) is 11.1 Å². The fourth-order valence-electron chi connectivity index (χ4n) is 6.56. The van der Waals surface area contributed by atoms with E-state index in [1.165, 1.54) is 7.11 Å². The Morgan fingerprint density at radius 3 is 1.89 bits per heavy atom. The minimum absolute atomic E-state index is 0.109. The van der Waals surface area contributed by atoms with Crippen molar-refractivity contribution in [2.45, 2.75) is 77.2 Å². The molecule has 0 amide bonds. The maximum Gasteiger partial charge on any atom is 0.341 e. The summed E-state index contributed by atoms with van der Waals surface area (Å²) in [5.41, 5.74) is 3.98. The van der Waals surface area contributed by atoms with Gasteiger partial charge in [-0.3, -0.25) is 0 Å². The molecule has 0 aliphatic heterocycles. The molecular weight excluding hydrogens is 596 g/mol. The van der Waals surface area contributed by atoms with Crippen LogP contribution >= 0.6 is 0 Å². The lowest BCUT2D eigenvalue weighted by molar-refractivity contribution is -0.141. The van der Waals surface area contributed by atoms with Crippen LogP contribution < -0.4 is 9.47 Å². The molecule has 0 atom stereocenters. The molecule has 2 fully saturated rings. The molecule has 0 spiro atoms. The Morgan fingerprint density at radius 1 is 0.702 bits per heavy atom. The highest BCUT2D eigenvalue weighted by atomic mass is 16.6. The highest BCUT2D eigenvalue weighted by Gasteiger charge is 2.33. The highest BCUT2D eigenvalue weighted by Crippen LogP contribution is 2.46. The summed E-state index contributed by atoms with van der Waals surface area (Å²) in [6.45, 7) is 15.1. The SMILES string of the molecule is C=C(C)C(=O)OCCOC1CCC(C2CCC(c3cc(-c4ccc(OC(=O)C(=C)COC)cc4)ccc3OC(=O)C(=C)C)CC2)CC1. The molecule has 2 aromatic rings. The quantitative estimate of drug-likeness (QED) is 0.0886. The van der Waals surface area contributed by atoms with E-state index in [9.17, 15) is 14.4 Å². The van der Waals surface area contributed by atoms with Crippen molar-refractivity contribution in [2.75, 3.05) is 26.9 Å². The first kappa shape index (κ1) is 35.8. The predicted molar refractivity (Wildman–Crippen MR) is 181 cm³/mol. The third-order valence-corrected chi connectivity index (χ3v) is 9.18. The molecule has 0 N–H and O–H groups in total. The smallest absolute Gasteiger partial charge is 0.341 e. The number of esters is 3. The number of methoxy groups -OCH3 is 1. The second kappa shape index (κ2) is 17.2. The number of benzene rings is 2. The van der Waals surface area contributed by atoms with Gasteiger partial charge in [-0.05, 0) is 124 Å². The van der Waals surface area contributed by atoms with Crippen LogP contribution in [-0.2, 0) is 28.6 Å². The normalized spacial score (nSPS) is 20.9. The van der Waals surface area contributed by atoms with E-state index in [2.05, 4.69) is 25.8 Å². The van der Waals surface area contributed by atoms with Crippen LogP contribution in [0.3, 0.4) is 0 Å². The zero-order valence-electron chi connectivity index (χ0n) is 28.0. The van der Waals surface area contributed by atoms with Gasteiger partial charge in [-0.2, -0.15) is 0 Å². The van der Waals surface area contributed by atoms with Gasteiger partial charge in [0.1, 0.15) is 18.1 Å². The molecule has 0 radical (unpaired) electrons. The first-order chi connectivity index (χ1) is 22.5. The fourth-order valence-corrected chi connectivity index (χ4v) is 6.56. The van der Waals surface area contributed by atoms with Crippen LogP contribution in [0.15, 0.2) is 78.9 Å². The lowest BCUT2D eigenvalue weighted by Gasteiger charge is -2.38. The first-order valence-corrected chi connectivity index (χ1v) is 16.5. The number of rotatable bonds is 14. The number of hydrogen-bond donors (Lipinski definition) is 0. The maximum atomic E-state index is 12.5. The van der Waals surface area contributed by atoms with Crippen LogP contribution in [0.2, 0.25) is 0 Å². The maximum absolute atomic E-state index is 12.5. The summed E-state index contributed by atoms with van der Waals surface area (Å²) in [6, 6.07) is 13.3. The highest BCUT2D eigenvalue weighted by molar-refractivity contribution is 5.90. The van der Waals surface area contributed by atoms with Gasteiger partial charge in [0.05, 0.1) is 24.9 Å². The van der Waals surface area contributed by atoms with Gasteiger partial charge in [0.2, 0.25) is 0 Å². The summed E-state index contributed by atoms with van der Waals surface area (Å²) in [5.74, 6) is 1.30. The van der Waals surface area contributed by atoms with Crippen LogP contribution in [0.5, 0.6) is 11.5 Å². The molecule has 4 rings (SSSR count). The summed E-state index contributed by atoms with van der Waals surface area (Å²) in [5, 5.41) is 0. The second-order valence-corrected chi connectivity index (χ2v) is 12.8. The zero-order valence-corrected chi connectivity index (χ0v) is 28.0. The summed E-state index contributed by atoms with van der Waals surface area (Å²) in [7, 11) is 1.50. The summed E-state index contributed by atoms with van der Waals surface area (Å²) < 4.78 is 27.3. The first-order valence-electron chi connectivity index (χ1n) is 16.5. The van der Waals surface area contributed by atoms with Gasteiger partial charge in [0.25, 0.3) is 0 Å². The molecule has 47 heavy (non-hydrogen) atoms. The standard InChI is InChI=1S/C39H48O8/c1-25(2)37(40)45-22-21-44-33-16-11-29(12-17-33)28-7-9-31(10-8-28)35-23-32(15-20-36(35)47-38(41)26(3)4)30-13-18-34(19-14-30)46-39(42)27(5)24-43-6/h13-15,18-20,23,28-29,31,33H,1,3,5,7-12,16-17,21-22,24H2,2,4,6H3. The van der Waals surface area contributed by atoms with Crippen molar-refractivity contribution in [1.82, 2.24) is 0 Å². The van der Waals surface area contributed by atoms with E-state index in [1.807, 2.05) is 24.3 Å². The second-order valence-electron chi connectivity index (χ2n) is 12.8. The van der Waals surface area contributed by atoms with Gasteiger partial charge in [-0.15, -0.1) is 0 Å². The predicted octanol–water partition coefficient (Wildman–Crippen LogP) is 7.91. The Balaban J connectivity index is 1.36. The average molecular weight is 645 g/mol. The Hall–Kier alpha value is -4.01. The molecular formula is C39H48O8. The van der Waals surface area contributed by atoms with E-state index in [0.29, 0.717) is 41.1 Å². The molecule has 252 valence electrons. The van der Waals surface area contributed by atoms with E-state index in [-0.39, 0.29) is 36.8 Å². The lowest BCUT2D eigenvalue weighted by Crippen LogP contribution is -2.29. The third-order valence-electron chi connectivity index (χ3n) is 9.18. The number of ether oxygens (including phenoxy) is 5. The largest absolute Gasteiger partial charge is 0.460 e. The molecule has 2 saturated carbocycles. The van der Waals surface area contributed by atoms with Gasteiger partial charge in [-0.1, -0.05) is 37.9 Å². The molecule has 8 heteroatoms. The van der Waals surface area contributed by atoms with Crippen molar-refractivity contribution in [3.05, 3.63) is 84.5 Å². The fraction of sp³-hybridized carbons (Fsp3) is 0.462. The lowest BCUT2D eigenvalue weighted by atomic mass is 9.69. The Labute approximate surface area is 278 Å². The number of hydrogen-bond acceptors (Lipinski definition) is 8. The molecule has 8 nitrogen and oxygen atoms in total. The Kier molecular flexibility index (Phi) is 13.1. The topological polar surface area (TPSA) is 97.4 Å². The van der Waals surface area contributed by atoms with Crippen molar-refractivity contribution >= 4 is 17.9 Å². The Morgan fingerprint density at radius 2 is 1.30 bits per heavy atom. The molecule has 0 unspecified atom stereocenters. The van der Waals surface area contributed by atoms with E-state index < -0.39 is 11.9 Å². The van der Waals surface area contributed by atoms with Gasteiger partial charge < -0.3 is 23.7 Å². The van der Waals surface area contributed by atoms with Crippen LogP contribution in [0.4, 0.5) is 0 Å². The Bertz CT molecular complexity index is 1440.